The van der Waals surface area contributed by atoms with E-state index in [1.54, 1.807) is 13.8 Å². The number of alkyl halides is 3. The first-order valence-corrected chi connectivity index (χ1v) is 5.84. The van der Waals surface area contributed by atoms with E-state index in [-0.39, 0.29) is 37.2 Å². The third-order valence-electron chi connectivity index (χ3n) is 3.20. The molecule has 1 saturated heterocycles. The molecule has 0 aromatic heterocycles. The molecule has 1 fully saturated rings. The number of carbonyl (C=O) groups is 1. The molecule has 2 unspecified atom stereocenters. The Bertz CT molecular complexity index is 284. The lowest BCUT2D eigenvalue weighted by Crippen LogP contribution is -2.51. The highest BCUT2D eigenvalue weighted by molar-refractivity contribution is 5.85. The van der Waals surface area contributed by atoms with E-state index < -0.39 is 18.1 Å². The number of likely N-dealkylation sites (tertiary alicyclic amines) is 1. The topological polar surface area (TPSA) is 46.3 Å². The first-order chi connectivity index (χ1) is 7.73. The fraction of sp³-hybridized carbons (Fsp3) is 0.909. The summed E-state index contributed by atoms with van der Waals surface area (Å²) in [6.45, 7) is 3.70. The number of rotatable bonds is 2. The average molecular weight is 289 g/mol. The molecule has 0 aromatic rings. The molecule has 1 heterocycles. The van der Waals surface area contributed by atoms with Gasteiger partial charge in [0, 0.05) is 13.1 Å². The maximum atomic E-state index is 12.6. The number of halogens is 4. The quantitative estimate of drug-likeness (QED) is 0.847. The van der Waals surface area contributed by atoms with Crippen LogP contribution < -0.4 is 5.73 Å². The maximum Gasteiger partial charge on any atom is 0.393 e. The first kappa shape index (κ1) is 17.5. The summed E-state index contributed by atoms with van der Waals surface area (Å²) in [5.41, 5.74) is 5.67. The summed E-state index contributed by atoms with van der Waals surface area (Å²) in [4.78, 5) is 13.1. The minimum absolute atomic E-state index is 0. The maximum absolute atomic E-state index is 12.6. The van der Waals surface area contributed by atoms with E-state index in [4.69, 9.17) is 5.73 Å². The minimum Gasteiger partial charge on any atom is -0.341 e. The molecule has 3 nitrogen and oxygen atoms in total. The predicted molar refractivity (Wildman–Crippen MR) is 65.4 cm³/mol. The van der Waals surface area contributed by atoms with Crippen molar-refractivity contribution in [3.8, 4) is 0 Å². The van der Waals surface area contributed by atoms with Crippen molar-refractivity contribution in [3.05, 3.63) is 0 Å². The zero-order valence-electron chi connectivity index (χ0n) is 10.5. The zero-order chi connectivity index (χ0) is 13.2. The van der Waals surface area contributed by atoms with Gasteiger partial charge in [0.05, 0.1) is 12.0 Å². The molecule has 7 heteroatoms. The second-order valence-electron chi connectivity index (χ2n) is 4.93. The van der Waals surface area contributed by atoms with Crippen LogP contribution >= 0.6 is 12.4 Å². The summed E-state index contributed by atoms with van der Waals surface area (Å²) in [6.07, 6.45) is -3.73. The van der Waals surface area contributed by atoms with Crippen LogP contribution in [0.4, 0.5) is 13.2 Å². The van der Waals surface area contributed by atoms with Crippen LogP contribution in [0.5, 0.6) is 0 Å². The lowest BCUT2D eigenvalue weighted by atomic mass is 9.95. The Morgan fingerprint density at radius 3 is 2.39 bits per heavy atom. The molecule has 0 aliphatic carbocycles. The van der Waals surface area contributed by atoms with Crippen LogP contribution in [-0.2, 0) is 4.79 Å². The van der Waals surface area contributed by atoms with Gasteiger partial charge in [0.2, 0.25) is 5.91 Å². The van der Waals surface area contributed by atoms with Crippen LogP contribution in [0.1, 0.15) is 26.7 Å². The monoisotopic (exact) mass is 288 g/mol. The van der Waals surface area contributed by atoms with Gasteiger partial charge in [-0.2, -0.15) is 13.2 Å². The third kappa shape index (κ3) is 4.31. The van der Waals surface area contributed by atoms with Gasteiger partial charge >= 0.3 is 6.18 Å². The van der Waals surface area contributed by atoms with E-state index in [9.17, 15) is 18.0 Å². The Kier molecular flexibility index (Phi) is 6.43. The van der Waals surface area contributed by atoms with Crippen molar-refractivity contribution in [1.29, 1.82) is 0 Å². The molecule has 1 amide bonds. The number of piperidine rings is 1. The number of carbonyl (C=O) groups excluding carboxylic acids is 1. The van der Waals surface area contributed by atoms with Crippen LogP contribution in [0.2, 0.25) is 0 Å². The predicted octanol–water partition coefficient (Wildman–Crippen LogP) is 2.19. The van der Waals surface area contributed by atoms with E-state index in [1.165, 1.54) is 4.90 Å². The molecule has 0 aromatic carbocycles. The summed E-state index contributed by atoms with van der Waals surface area (Å²) in [5.74, 6) is -1.83. The Balaban J connectivity index is 0.00000289. The van der Waals surface area contributed by atoms with E-state index >= 15 is 0 Å². The van der Waals surface area contributed by atoms with Crippen LogP contribution in [0.15, 0.2) is 0 Å². The van der Waals surface area contributed by atoms with E-state index in [1.807, 2.05) is 0 Å². The van der Waals surface area contributed by atoms with Crippen LogP contribution in [0, 0.1) is 11.8 Å². The van der Waals surface area contributed by atoms with Crippen LogP contribution in [0.3, 0.4) is 0 Å². The highest BCUT2D eigenvalue weighted by Crippen LogP contribution is 2.33. The molecule has 0 radical (unpaired) electrons. The van der Waals surface area contributed by atoms with E-state index in [0.717, 1.165) is 0 Å². The summed E-state index contributed by atoms with van der Waals surface area (Å²) in [7, 11) is 0. The molecule has 0 spiro atoms. The fourth-order valence-electron chi connectivity index (χ4n) is 1.94. The van der Waals surface area contributed by atoms with Crippen molar-refractivity contribution < 1.29 is 18.0 Å². The molecular weight excluding hydrogens is 269 g/mol. The molecule has 2 N–H and O–H groups in total. The van der Waals surface area contributed by atoms with Gasteiger partial charge in [-0.25, -0.2) is 0 Å². The van der Waals surface area contributed by atoms with Gasteiger partial charge in [0.25, 0.3) is 0 Å². The number of hydrogen-bond acceptors (Lipinski definition) is 2. The lowest BCUT2D eigenvalue weighted by molar-refractivity contribution is -0.188. The van der Waals surface area contributed by atoms with Crippen molar-refractivity contribution in [2.75, 3.05) is 13.1 Å². The summed E-state index contributed by atoms with van der Waals surface area (Å²) >= 11 is 0. The number of hydrogen-bond donors (Lipinski definition) is 1. The van der Waals surface area contributed by atoms with E-state index in [2.05, 4.69) is 0 Å². The molecular formula is C11H20ClF3N2O. The molecule has 1 aliphatic heterocycles. The Hall–Kier alpha value is -0.490. The average Bonchev–Trinajstić information content (AvgIpc) is 2.26. The molecule has 2 atom stereocenters. The Labute approximate surface area is 111 Å². The summed E-state index contributed by atoms with van der Waals surface area (Å²) < 4.78 is 37.7. The van der Waals surface area contributed by atoms with Crippen LogP contribution in [-0.4, -0.2) is 36.1 Å². The number of amides is 1. The number of nitrogens with two attached hydrogens (primary N) is 1. The second kappa shape index (κ2) is 6.61. The van der Waals surface area contributed by atoms with Crippen molar-refractivity contribution in [2.45, 2.75) is 38.9 Å². The van der Waals surface area contributed by atoms with Gasteiger partial charge in [-0.1, -0.05) is 13.8 Å². The summed E-state index contributed by atoms with van der Waals surface area (Å²) in [5, 5.41) is 0. The van der Waals surface area contributed by atoms with Gasteiger partial charge in [0.1, 0.15) is 0 Å². The smallest absolute Gasteiger partial charge is 0.341 e. The lowest BCUT2D eigenvalue weighted by Gasteiger charge is -2.35. The molecule has 18 heavy (non-hydrogen) atoms. The van der Waals surface area contributed by atoms with Crippen molar-refractivity contribution in [2.24, 2.45) is 17.6 Å². The Morgan fingerprint density at radius 2 is 1.94 bits per heavy atom. The van der Waals surface area contributed by atoms with Crippen molar-refractivity contribution in [1.82, 2.24) is 4.90 Å². The fourth-order valence-corrected chi connectivity index (χ4v) is 1.94. The van der Waals surface area contributed by atoms with Crippen LogP contribution in [0.25, 0.3) is 0 Å². The Morgan fingerprint density at radius 1 is 1.39 bits per heavy atom. The largest absolute Gasteiger partial charge is 0.393 e. The van der Waals surface area contributed by atoms with Gasteiger partial charge in [0.15, 0.2) is 0 Å². The van der Waals surface area contributed by atoms with Gasteiger partial charge in [-0.05, 0) is 18.8 Å². The van der Waals surface area contributed by atoms with Gasteiger partial charge < -0.3 is 10.6 Å². The minimum atomic E-state index is -4.22. The highest BCUT2D eigenvalue weighted by atomic mass is 35.5. The van der Waals surface area contributed by atoms with Crippen molar-refractivity contribution >= 4 is 18.3 Å². The second-order valence-corrected chi connectivity index (χ2v) is 4.93. The molecule has 1 aliphatic rings. The first-order valence-electron chi connectivity index (χ1n) is 5.84. The standard InChI is InChI=1S/C11H19F3N2O.ClH/c1-7(2)9(15)10(17)16-5-3-4-8(6-16)11(12,13)14;/h7-9H,3-6,15H2,1-2H3;1H. The van der Waals surface area contributed by atoms with Gasteiger partial charge in [-0.15, -0.1) is 12.4 Å². The molecule has 0 saturated carbocycles. The SMILES string of the molecule is CC(C)C(N)C(=O)N1CCCC(C(F)(F)F)C1.Cl. The molecule has 0 bridgehead atoms. The van der Waals surface area contributed by atoms with E-state index in [0.29, 0.717) is 13.0 Å². The summed E-state index contributed by atoms with van der Waals surface area (Å²) in [6, 6.07) is -0.706. The normalized spacial score (nSPS) is 22.6. The molecule has 1 rings (SSSR count). The van der Waals surface area contributed by atoms with Crippen molar-refractivity contribution in [3.63, 3.8) is 0 Å². The third-order valence-corrected chi connectivity index (χ3v) is 3.20. The zero-order valence-corrected chi connectivity index (χ0v) is 11.4. The number of nitrogens with zero attached hydrogens (tertiary/aromatic N) is 1. The molecule has 108 valence electrons. The highest BCUT2D eigenvalue weighted by Gasteiger charge is 2.43. The van der Waals surface area contributed by atoms with Gasteiger partial charge in [-0.3, -0.25) is 4.79 Å².